The highest BCUT2D eigenvalue weighted by Gasteiger charge is 2.31. The lowest BCUT2D eigenvalue weighted by molar-refractivity contribution is -0.380. The molecule has 8 nitrogen and oxygen atoms in total. The third-order valence-electron chi connectivity index (χ3n) is 6.28. The predicted molar refractivity (Wildman–Crippen MR) is 128 cm³/mol. The maximum absolute atomic E-state index is 12.8. The van der Waals surface area contributed by atoms with Crippen LogP contribution in [0, 0.1) is 22.0 Å². The van der Waals surface area contributed by atoms with Crippen molar-refractivity contribution in [1.29, 1.82) is 0 Å². The van der Waals surface area contributed by atoms with E-state index in [1.165, 1.54) is 6.07 Å². The Bertz CT molecular complexity index is 1140. The van der Waals surface area contributed by atoms with Gasteiger partial charge in [-0.1, -0.05) is 30.4 Å². The van der Waals surface area contributed by atoms with Gasteiger partial charge < -0.3 is 10.2 Å². The Morgan fingerprint density at radius 3 is 2.59 bits per heavy atom. The monoisotopic (exact) mass is 453 g/mol. The zero-order valence-electron chi connectivity index (χ0n) is 18.4. The van der Waals surface area contributed by atoms with Crippen LogP contribution in [0.1, 0.15) is 43.0 Å². The second-order valence-electron chi connectivity index (χ2n) is 8.62. The van der Waals surface area contributed by atoms with Crippen molar-refractivity contribution in [3.63, 3.8) is 0 Å². The minimum absolute atomic E-state index is 0.000698. The van der Waals surface area contributed by atoms with Crippen molar-refractivity contribution < 1.29 is 9.72 Å². The number of benzene rings is 1. The number of thiophene rings is 1. The number of nitrogens with one attached hydrogen (secondary N) is 1. The Balaban J connectivity index is 1.39. The van der Waals surface area contributed by atoms with Gasteiger partial charge in [0.15, 0.2) is 5.78 Å². The average Bonchev–Trinajstić information content (AvgIpc) is 3.29. The predicted octanol–water partition coefficient (Wildman–Crippen LogP) is 5.16. The summed E-state index contributed by atoms with van der Waals surface area (Å²) in [5, 5.41) is 17.0. The number of para-hydroxylation sites is 1. The first-order valence-electron chi connectivity index (χ1n) is 10.8. The minimum atomic E-state index is -0.445. The first-order chi connectivity index (χ1) is 15.3. The summed E-state index contributed by atoms with van der Waals surface area (Å²) in [6.45, 7) is 1.94. The van der Waals surface area contributed by atoms with E-state index in [0.29, 0.717) is 11.5 Å². The summed E-state index contributed by atoms with van der Waals surface area (Å²) < 4.78 is 0. The highest BCUT2D eigenvalue weighted by molar-refractivity contribution is 7.13. The SMILES string of the molecule is CC(C(=O)c1csc([N+](=O)[O-])c1)C1CCC(Nc2nc(N(C)C)c3ccccc3n2)CC1. The van der Waals surface area contributed by atoms with E-state index in [-0.39, 0.29) is 28.7 Å². The Hall–Kier alpha value is -3.07. The summed E-state index contributed by atoms with van der Waals surface area (Å²) in [5.74, 6) is 1.64. The Morgan fingerprint density at radius 2 is 1.94 bits per heavy atom. The molecule has 4 rings (SSSR count). The van der Waals surface area contributed by atoms with Crippen molar-refractivity contribution in [3.8, 4) is 0 Å². The Kier molecular flexibility index (Phi) is 6.36. The summed E-state index contributed by atoms with van der Waals surface area (Å²) in [5.41, 5.74) is 1.36. The van der Waals surface area contributed by atoms with Crippen molar-refractivity contribution in [2.45, 2.75) is 38.6 Å². The molecule has 0 aliphatic heterocycles. The number of carbonyl (C=O) groups is 1. The van der Waals surface area contributed by atoms with Gasteiger partial charge in [0.1, 0.15) is 5.82 Å². The van der Waals surface area contributed by atoms with Crippen LogP contribution in [0.4, 0.5) is 16.8 Å². The van der Waals surface area contributed by atoms with Gasteiger partial charge in [-0.05, 0) is 43.7 Å². The molecule has 0 spiro atoms. The maximum atomic E-state index is 12.8. The zero-order chi connectivity index (χ0) is 22.8. The van der Waals surface area contributed by atoms with Gasteiger partial charge in [0.2, 0.25) is 5.95 Å². The molecular weight excluding hydrogens is 426 g/mol. The lowest BCUT2D eigenvalue weighted by atomic mass is 9.76. The van der Waals surface area contributed by atoms with Crippen LogP contribution in [0.3, 0.4) is 0 Å². The summed E-state index contributed by atoms with van der Waals surface area (Å²) in [4.78, 5) is 34.7. The normalized spacial score (nSPS) is 19.5. The number of carbonyl (C=O) groups excluding carboxylic acids is 1. The number of nitro groups is 1. The molecule has 1 aliphatic carbocycles. The van der Waals surface area contributed by atoms with Crippen LogP contribution in [0.2, 0.25) is 0 Å². The molecule has 3 aromatic rings. The minimum Gasteiger partial charge on any atom is -0.362 e. The molecule has 1 aliphatic rings. The Morgan fingerprint density at radius 1 is 1.22 bits per heavy atom. The fraction of sp³-hybridized carbons (Fsp3) is 0.435. The van der Waals surface area contributed by atoms with E-state index in [2.05, 4.69) is 5.32 Å². The molecule has 0 saturated heterocycles. The smallest absolute Gasteiger partial charge is 0.324 e. The van der Waals surface area contributed by atoms with Gasteiger partial charge in [0.25, 0.3) is 0 Å². The average molecular weight is 454 g/mol. The molecule has 1 aromatic carbocycles. The number of nitrogens with zero attached hydrogens (tertiary/aromatic N) is 4. The van der Waals surface area contributed by atoms with Crippen LogP contribution >= 0.6 is 11.3 Å². The van der Waals surface area contributed by atoms with Gasteiger partial charge in [0, 0.05) is 48.5 Å². The molecule has 9 heteroatoms. The summed E-state index contributed by atoms with van der Waals surface area (Å²) in [6, 6.07) is 9.64. The number of anilines is 2. The fourth-order valence-electron chi connectivity index (χ4n) is 4.44. The standard InChI is InChI=1S/C23H27N5O3S/c1-14(21(29)16-12-20(28(30)31)32-13-16)15-8-10-17(11-9-15)24-23-25-19-7-5-4-6-18(19)22(26-23)27(2)3/h4-7,12-15,17H,8-11H2,1-3H3,(H,24,25,26). The molecule has 2 aromatic heterocycles. The summed E-state index contributed by atoms with van der Waals surface area (Å²) in [7, 11) is 3.95. The number of fused-ring (bicyclic) bond motifs is 1. The largest absolute Gasteiger partial charge is 0.362 e. The molecule has 1 N–H and O–H groups in total. The third kappa shape index (κ3) is 4.57. The van der Waals surface area contributed by atoms with Gasteiger partial charge in [0.05, 0.1) is 10.4 Å². The van der Waals surface area contributed by atoms with Crippen LogP contribution in [-0.2, 0) is 0 Å². The molecule has 1 saturated carbocycles. The van der Waals surface area contributed by atoms with Gasteiger partial charge >= 0.3 is 5.00 Å². The molecule has 1 atom stereocenters. The second-order valence-corrected chi connectivity index (χ2v) is 9.51. The first-order valence-corrected chi connectivity index (χ1v) is 11.7. The van der Waals surface area contributed by atoms with Crippen molar-refractivity contribution in [2.75, 3.05) is 24.3 Å². The van der Waals surface area contributed by atoms with E-state index >= 15 is 0 Å². The van der Waals surface area contributed by atoms with Gasteiger partial charge in [-0.3, -0.25) is 14.9 Å². The molecule has 1 unspecified atom stereocenters. The van der Waals surface area contributed by atoms with E-state index in [1.807, 2.05) is 50.2 Å². The molecule has 0 radical (unpaired) electrons. The number of rotatable bonds is 7. The number of aromatic nitrogens is 2. The van der Waals surface area contributed by atoms with Crippen molar-refractivity contribution in [1.82, 2.24) is 9.97 Å². The lowest BCUT2D eigenvalue weighted by Crippen LogP contribution is -2.31. The van der Waals surface area contributed by atoms with Crippen LogP contribution in [0.25, 0.3) is 10.9 Å². The first kappa shape index (κ1) is 22.1. The van der Waals surface area contributed by atoms with Gasteiger partial charge in [-0.2, -0.15) is 4.98 Å². The fourth-order valence-corrected chi connectivity index (χ4v) is 5.15. The van der Waals surface area contributed by atoms with Crippen molar-refractivity contribution >= 4 is 44.8 Å². The molecule has 0 bridgehead atoms. The van der Waals surface area contributed by atoms with Gasteiger partial charge in [-0.15, -0.1) is 0 Å². The molecule has 0 amide bonds. The van der Waals surface area contributed by atoms with E-state index < -0.39 is 4.92 Å². The zero-order valence-corrected chi connectivity index (χ0v) is 19.3. The van der Waals surface area contributed by atoms with Crippen LogP contribution < -0.4 is 10.2 Å². The summed E-state index contributed by atoms with van der Waals surface area (Å²) >= 11 is 1.01. The number of hydrogen-bond donors (Lipinski definition) is 1. The highest BCUT2D eigenvalue weighted by atomic mass is 32.1. The number of hydrogen-bond acceptors (Lipinski definition) is 8. The second kappa shape index (κ2) is 9.20. The van der Waals surface area contributed by atoms with E-state index in [0.717, 1.165) is 53.7 Å². The van der Waals surface area contributed by atoms with Crippen LogP contribution in [-0.4, -0.2) is 40.8 Å². The third-order valence-corrected chi connectivity index (χ3v) is 7.16. The van der Waals surface area contributed by atoms with E-state index in [1.54, 1.807) is 5.38 Å². The van der Waals surface area contributed by atoms with E-state index in [9.17, 15) is 14.9 Å². The van der Waals surface area contributed by atoms with Crippen molar-refractivity contribution in [2.24, 2.45) is 11.8 Å². The molecule has 168 valence electrons. The molecule has 1 fully saturated rings. The quantitative estimate of drug-likeness (QED) is 0.300. The number of ketones is 1. The molecule has 2 heterocycles. The Labute approximate surface area is 190 Å². The highest BCUT2D eigenvalue weighted by Crippen LogP contribution is 2.35. The van der Waals surface area contributed by atoms with Crippen LogP contribution in [0.5, 0.6) is 0 Å². The maximum Gasteiger partial charge on any atom is 0.324 e. The van der Waals surface area contributed by atoms with Crippen molar-refractivity contribution in [3.05, 3.63) is 51.4 Å². The van der Waals surface area contributed by atoms with Gasteiger partial charge in [-0.25, -0.2) is 4.98 Å². The van der Waals surface area contributed by atoms with Crippen LogP contribution in [0.15, 0.2) is 35.7 Å². The molecular formula is C23H27N5O3S. The topological polar surface area (TPSA) is 101 Å². The van der Waals surface area contributed by atoms with E-state index in [4.69, 9.17) is 9.97 Å². The molecule has 32 heavy (non-hydrogen) atoms. The summed E-state index contributed by atoms with van der Waals surface area (Å²) in [6.07, 6.45) is 3.70. The number of Topliss-reactive ketones (excluding diaryl/α,β-unsaturated/α-hetero) is 1. The lowest BCUT2D eigenvalue weighted by Gasteiger charge is -2.32.